The molecular weight excluding hydrogens is 930 g/mol. The van der Waals surface area contributed by atoms with Gasteiger partial charge in [0, 0.05) is 19.4 Å². The van der Waals surface area contributed by atoms with Gasteiger partial charge < -0.3 is 20.1 Å². The molecule has 0 heterocycles. The molecule has 0 aromatic rings. The van der Waals surface area contributed by atoms with Crippen LogP contribution in [0.3, 0.4) is 0 Å². The third-order valence-corrected chi connectivity index (χ3v) is 11.3. The summed E-state index contributed by atoms with van der Waals surface area (Å²) in [5, 5.41) is 0. The number of unbranched alkanes of at least 4 members (excludes halogenated alkanes) is 5. The van der Waals surface area contributed by atoms with Gasteiger partial charge >= 0.3 is 19.8 Å². The summed E-state index contributed by atoms with van der Waals surface area (Å²) in [6, 6.07) is 0. The summed E-state index contributed by atoms with van der Waals surface area (Å²) in [4.78, 5) is 35.1. The Kier molecular flexibility index (Phi) is 52.6. The van der Waals surface area contributed by atoms with E-state index in [1.807, 2.05) is 12.2 Å². The van der Waals surface area contributed by atoms with E-state index in [1.165, 1.54) is 0 Å². The monoisotopic (exact) mass is 1030 g/mol. The average molecular weight is 1030 g/mol. The van der Waals surface area contributed by atoms with Crippen LogP contribution in [0.5, 0.6) is 0 Å². The summed E-state index contributed by atoms with van der Waals surface area (Å²) in [5.74, 6) is -0.968. The number of nitrogens with two attached hydrogens (primary N) is 1. The van der Waals surface area contributed by atoms with Crippen molar-refractivity contribution >= 4 is 19.8 Å². The molecule has 0 aromatic heterocycles. The maximum absolute atomic E-state index is 12.7. The van der Waals surface area contributed by atoms with Crippen molar-refractivity contribution in [2.75, 3.05) is 26.4 Å². The average Bonchev–Trinajstić information content (AvgIpc) is 3.38. The molecule has 73 heavy (non-hydrogen) atoms. The molecule has 0 aliphatic rings. The third-order valence-electron chi connectivity index (χ3n) is 10.3. The third kappa shape index (κ3) is 56.3. The highest BCUT2D eigenvalue weighted by atomic mass is 31.2. The van der Waals surface area contributed by atoms with Gasteiger partial charge in [0.05, 0.1) is 13.2 Å². The Morgan fingerprint density at radius 2 is 0.740 bits per heavy atom. The molecule has 0 fully saturated rings. The first-order valence-corrected chi connectivity index (χ1v) is 28.8. The van der Waals surface area contributed by atoms with Gasteiger partial charge in [0.1, 0.15) is 6.61 Å². The molecule has 10 heteroatoms. The Morgan fingerprint density at radius 3 is 1.11 bits per heavy atom. The second-order valence-corrected chi connectivity index (χ2v) is 18.4. The van der Waals surface area contributed by atoms with E-state index in [2.05, 4.69) is 184 Å². The van der Waals surface area contributed by atoms with Crippen molar-refractivity contribution < 1.29 is 37.6 Å². The van der Waals surface area contributed by atoms with Gasteiger partial charge in [0.15, 0.2) is 6.10 Å². The zero-order valence-electron chi connectivity index (χ0n) is 45.0. The van der Waals surface area contributed by atoms with E-state index in [1.54, 1.807) is 0 Å². The van der Waals surface area contributed by atoms with Gasteiger partial charge in [-0.2, -0.15) is 0 Å². The van der Waals surface area contributed by atoms with Gasteiger partial charge in [0.2, 0.25) is 0 Å². The van der Waals surface area contributed by atoms with E-state index in [4.69, 9.17) is 24.3 Å². The van der Waals surface area contributed by atoms with Gasteiger partial charge in [0.25, 0.3) is 0 Å². The van der Waals surface area contributed by atoms with Gasteiger partial charge in [-0.3, -0.25) is 18.6 Å². The number of carbonyl (C=O) groups excluding carboxylic acids is 2. The predicted molar refractivity (Wildman–Crippen MR) is 311 cm³/mol. The lowest BCUT2D eigenvalue weighted by molar-refractivity contribution is -0.161. The molecule has 0 aromatic carbocycles. The van der Waals surface area contributed by atoms with Crippen molar-refractivity contribution in [1.29, 1.82) is 0 Å². The number of hydrogen-bond donors (Lipinski definition) is 2. The van der Waals surface area contributed by atoms with Gasteiger partial charge in [-0.1, -0.05) is 215 Å². The molecule has 0 saturated heterocycles. The molecule has 0 amide bonds. The summed E-state index contributed by atoms with van der Waals surface area (Å²) < 4.78 is 32.8. The first-order valence-electron chi connectivity index (χ1n) is 27.3. The number of rotatable bonds is 48. The highest BCUT2D eigenvalue weighted by Crippen LogP contribution is 2.43. The molecule has 3 N–H and O–H groups in total. The van der Waals surface area contributed by atoms with Crippen molar-refractivity contribution in [2.24, 2.45) is 5.73 Å². The van der Waals surface area contributed by atoms with Crippen molar-refractivity contribution in [3.63, 3.8) is 0 Å². The van der Waals surface area contributed by atoms with Crippen LogP contribution in [0.4, 0.5) is 0 Å². The lowest BCUT2D eigenvalue weighted by Crippen LogP contribution is -2.29. The maximum Gasteiger partial charge on any atom is 0.472 e. The molecule has 2 unspecified atom stereocenters. The van der Waals surface area contributed by atoms with Crippen LogP contribution >= 0.6 is 7.82 Å². The molecule has 0 saturated carbocycles. The minimum atomic E-state index is -4.42. The topological polar surface area (TPSA) is 134 Å². The number of carbonyl (C=O) groups is 2. The summed E-state index contributed by atoms with van der Waals surface area (Å²) in [6.45, 7) is 3.36. The Bertz CT molecular complexity index is 1840. The molecule has 0 rings (SSSR count). The van der Waals surface area contributed by atoms with Gasteiger partial charge in [-0.05, 0) is 122 Å². The fraction of sp³-hybridized carbons (Fsp3) is 0.492. The van der Waals surface area contributed by atoms with Crippen LogP contribution in [0.2, 0.25) is 0 Å². The molecule has 0 spiro atoms. The Morgan fingerprint density at radius 1 is 0.411 bits per heavy atom. The van der Waals surface area contributed by atoms with Crippen LogP contribution in [-0.2, 0) is 32.7 Å². The molecule has 0 aliphatic heterocycles. The van der Waals surface area contributed by atoms with E-state index in [0.29, 0.717) is 12.8 Å². The summed E-state index contributed by atoms with van der Waals surface area (Å²) >= 11 is 0. The van der Waals surface area contributed by atoms with E-state index in [-0.39, 0.29) is 32.6 Å². The standard InChI is InChI=1S/C63H96NO8P/c1-3-5-7-9-11-13-15-17-19-21-23-24-25-26-27-28-29-30-31-32-33-34-35-36-38-40-42-44-46-48-50-52-54-56-63(66)72-61(60-71-73(67,68)70-58-57-64)59-69-62(65)55-53-51-49-47-45-43-41-39-37-22-20-18-16-14-12-10-8-6-4-2/h5-8,11-14,17-20,23-24,26-27,29-30,32-33,35-37,39-40,42-43,45,49,51,61H,3-4,9-10,15-16,21-22,25,28,31,34,38,41,44,46-48,50,52-60,64H2,1-2H3,(H,67,68)/b7-5-,8-6-,13-11-,14-12-,19-17-,20-18-,24-23-,27-26-,30-29-,33-32-,36-35-,39-37-,42-40-,45-43-,51-49-. The Hall–Kier alpha value is -4.89. The fourth-order valence-electron chi connectivity index (χ4n) is 6.36. The summed E-state index contributed by atoms with van der Waals surface area (Å²) in [5.41, 5.74) is 5.36. The van der Waals surface area contributed by atoms with E-state index >= 15 is 0 Å². The zero-order chi connectivity index (χ0) is 53.1. The molecular formula is C63H96NO8P. The van der Waals surface area contributed by atoms with E-state index in [9.17, 15) is 19.0 Å². The van der Waals surface area contributed by atoms with Crippen LogP contribution in [0, 0.1) is 0 Å². The fourth-order valence-corrected chi connectivity index (χ4v) is 7.12. The molecule has 0 bridgehead atoms. The predicted octanol–water partition coefficient (Wildman–Crippen LogP) is 17.3. The van der Waals surface area contributed by atoms with Crippen molar-refractivity contribution in [3.05, 3.63) is 182 Å². The Labute approximate surface area is 443 Å². The van der Waals surface area contributed by atoms with Crippen LogP contribution in [0.15, 0.2) is 182 Å². The largest absolute Gasteiger partial charge is 0.472 e. The molecule has 406 valence electrons. The Balaban J connectivity index is 4.21. The van der Waals surface area contributed by atoms with Crippen LogP contribution in [0.1, 0.15) is 168 Å². The first kappa shape index (κ1) is 68.1. The SMILES string of the molecule is CC/C=C\C/C=C\C/C=C\C/C=C\C/C=C\C/C=C\C/C=C\C/C=C\C/C=C\CCCCCCCC(=O)OC(COC(=O)CC/C=C\C/C=C\C/C=C\C/C=C\C/C=C\C/C=C\CC)COP(=O)(O)OCCN. The number of phosphoric ester groups is 1. The maximum atomic E-state index is 12.7. The minimum Gasteiger partial charge on any atom is -0.462 e. The zero-order valence-corrected chi connectivity index (χ0v) is 45.9. The van der Waals surface area contributed by atoms with Crippen molar-refractivity contribution in [3.8, 4) is 0 Å². The second-order valence-electron chi connectivity index (χ2n) is 17.0. The quantitative estimate of drug-likeness (QED) is 0.0264. The van der Waals surface area contributed by atoms with Crippen molar-refractivity contribution in [1.82, 2.24) is 0 Å². The van der Waals surface area contributed by atoms with Crippen LogP contribution in [-0.4, -0.2) is 49.3 Å². The number of ether oxygens (including phenoxy) is 2. The number of hydrogen-bond acceptors (Lipinski definition) is 8. The summed E-state index contributed by atoms with van der Waals surface area (Å²) in [6.07, 6.45) is 85.2. The summed E-state index contributed by atoms with van der Waals surface area (Å²) in [7, 11) is -4.42. The minimum absolute atomic E-state index is 0.0291. The van der Waals surface area contributed by atoms with Crippen molar-refractivity contribution in [2.45, 2.75) is 174 Å². The van der Waals surface area contributed by atoms with Gasteiger partial charge in [-0.15, -0.1) is 0 Å². The van der Waals surface area contributed by atoms with Crippen LogP contribution < -0.4 is 5.73 Å². The molecule has 0 radical (unpaired) electrons. The lowest BCUT2D eigenvalue weighted by Gasteiger charge is -2.19. The highest BCUT2D eigenvalue weighted by molar-refractivity contribution is 7.47. The molecule has 0 aliphatic carbocycles. The van der Waals surface area contributed by atoms with E-state index < -0.39 is 32.5 Å². The lowest BCUT2D eigenvalue weighted by atomic mass is 10.1. The smallest absolute Gasteiger partial charge is 0.462 e. The van der Waals surface area contributed by atoms with Crippen LogP contribution in [0.25, 0.3) is 0 Å². The highest BCUT2D eigenvalue weighted by Gasteiger charge is 2.26. The number of allylic oxidation sites excluding steroid dienone is 30. The molecule has 2 atom stereocenters. The van der Waals surface area contributed by atoms with Gasteiger partial charge in [-0.25, -0.2) is 4.57 Å². The number of esters is 2. The first-order chi connectivity index (χ1) is 35.8. The van der Waals surface area contributed by atoms with E-state index in [0.717, 1.165) is 128 Å². The number of phosphoric acid groups is 1. The molecule has 9 nitrogen and oxygen atoms in total. The second kappa shape index (κ2) is 56.4. The normalized spacial score (nSPS) is 14.5.